The highest BCUT2D eigenvalue weighted by molar-refractivity contribution is 6.32. The molecule has 0 aliphatic heterocycles. The second-order valence-electron chi connectivity index (χ2n) is 7.40. The number of rotatable bonds is 9. The van der Waals surface area contributed by atoms with Crippen molar-refractivity contribution < 1.29 is 32.9 Å². The number of benzene rings is 3. The fraction of sp³-hybridized carbons (Fsp3) is 0.185. The quantitative estimate of drug-likeness (QED) is 0.238. The standard InChI is InChI=1S/C27H25NO7/c1-30-21-11-10-16(13-22(21)31-2)12-18(27-28-19-8-6-7-9-20(19)35-27)25(29)17-14-23(32-3)26(34-5)24(15-17)33-4/h6-15H,1-5H3/b18-12+. The van der Waals surface area contributed by atoms with E-state index in [1.165, 1.54) is 21.3 Å². The Morgan fingerprint density at radius 2 is 1.43 bits per heavy atom. The maximum Gasteiger partial charge on any atom is 0.231 e. The summed E-state index contributed by atoms with van der Waals surface area (Å²) in [7, 11) is 7.60. The van der Waals surface area contributed by atoms with Crippen LogP contribution in [-0.4, -0.2) is 46.3 Å². The SMILES string of the molecule is COc1ccc(/C=C(\C(=O)c2cc(OC)c(OC)c(OC)c2)c2nc3ccccc3o2)cc1OC. The average Bonchev–Trinajstić information content (AvgIpc) is 3.34. The van der Waals surface area contributed by atoms with Crippen LogP contribution in [0.1, 0.15) is 21.8 Å². The molecule has 4 aromatic rings. The summed E-state index contributed by atoms with van der Waals surface area (Å²) >= 11 is 0. The molecule has 0 fully saturated rings. The molecule has 0 saturated carbocycles. The number of ketones is 1. The number of carbonyl (C=O) groups is 1. The fourth-order valence-electron chi connectivity index (χ4n) is 3.69. The van der Waals surface area contributed by atoms with E-state index in [-0.39, 0.29) is 17.2 Å². The summed E-state index contributed by atoms with van der Waals surface area (Å²) < 4.78 is 33.0. The highest BCUT2D eigenvalue weighted by Crippen LogP contribution is 2.40. The summed E-state index contributed by atoms with van der Waals surface area (Å²) in [5, 5.41) is 0. The molecule has 0 atom stereocenters. The molecule has 1 heterocycles. The molecule has 0 bridgehead atoms. The van der Waals surface area contributed by atoms with Crippen LogP contribution in [0, 0.1) is 0 Å². The summed E-state index contributed by atoms with van der Waals surface area (Å²) in [6.45, 7) is 0. The number of Topliss-reactive ketones (excluding diaryl/α,β-unsaturated/α-hetero) is 1. The van der Waals surface area contributed by atoms with Gasteiger partial charge >= 0.3 is 0 Å². The van der Waals surface area contributed by atoms with Gasteiger partial charge in [-0.25, -0.2) is 4.98 Å². The molecular weight excluding hydrogens is 450 g/mol. The Morgan fingerprint density at radius 1 is 0.771 bits per heavy atom. The van der Waals surface area contributed by atoms with Crippen LogP contribution in [0.4, 0.5) is 0 Å². The number of hydrogen-bond donors (Lipinski definition) is 0. The molecule has 1 aromatic heterocycles. The van der Waals surface area contributed by atoms with E-state index in [1.54, 1.807) is 50.6 Å². The van der Waals surface area contributed by atoms with Crippen molar-refractivity contribution in [3.05, 3.63) is 71.6 Å². The van der Waals surface area contributed by atoms with Crippen LogP contribution >= 0.6 is 0 Å². The van der Waals surface area contributed by atoms with Crippen LogP contribution in [0.15, 0.2) is 59.0 Å². The first kappa shape index (κ1) is 23.7. The lowest BCUT2D eigenvalue weighted by Gasteiger charge is -2.14. The molecule has 0 unspecified atom stereocenters. The molecule has 35 heavy (non-hydrogen) atoms. The van der Waals surface area contributed by atoms with Crippen LogP contribution < -0.4 is 23.7 Å². The van der Waals surface area contributed by atoms with E-state index in [0.717, 1.165) is 0 Å². The average molecular weight is 475 g/mol. The van der Waals surface area contributed by atoms with Gasteiger partial charge < -0.3 is 28.1 Å². The normalized spacial score (nSPS) is 11.3. The van der Waals surface area contributed by atoms with Gasteiger partial charge in [-0.3, -0.25) is 4.79 Å². The number of aromatic nitrogens is 1. The third kappa shape index (κ3) is 4.63. The fourth-order valence-corrected chi connectivity index (χ4v) is 3.69. The summed E-state index contributed by atoms with van der Waals surface area (Å²) in [6, 6.07) is 15.8. The summed E-state index contributed by atoms with van der Waals surface area (Å²) in [6.07, 6.45) is 1.69. The molecule has 0 radical (unpaired) electrons. The second kappa shape index (κ2) is 10.2. The number of para-hydroxylation sites is 2. The third-order valence-electron chi connectivity index (χ3n) is 5.41. The number of ether oxygens (including phenoxy) is 5. The monoisotopic (exact) mass is 475 g/mol. The van der Waals surface area contributed by atoms with Gasteiger partial charge in [0.25, 0.3) is 0 Å². The Labute approximate surface area is 202 Å². The van der Waals surface area contributed by atoms with Crippen molar-refractivity contribution >= 4 is 28.5 Å². The first-order valence-corrected chi connectivity index (χ1v) is 10.7. The van der Waals surface area contributed by atoms with Crippen molar-refractivity contribution in [3.63, 3.8) is 0 Å². The number of oxazole rings is 1. The zero-order chi connectivity index (χ0) is 24.9. The second-order valence-corrected chi connectivity index (χ2v) is 7.40. The van der Waals surface area contributed by atoms with Crippen molar-refractivity contribution in [1.29, 1.82) is 0 Å². The van der Waals surface area contributed by atoms with E-state index in [9.17, 15) is 4.79 Å². The third-order valence-corrected chi connectivity index (χ3v) is 5.41. The number of carbonyl (C=O) groups excluding carboxylic acids is 1. The largest absolute Gasteiger partial charge is 0.493 e. The Morgan fingerprint density at radius 3 is 2.03 bits per heavy atom. The van der Waals surface area contributed by atoms with Crippen LogP contribution in [0.2, 0.25) is 0 Å². The van der Waals surface area contributed by atoms with E-state index in [4.69, 9.17) is 28.1 Å². The van der Waals surface area contributed by atoms with Crippen LogP contribution in [0.3, 0.4) is 0 Å². The van der Waals surface area contributed by atoms with E-state index < -0.39 is 0 Å². The van der Waals surface area contributed by atoms with Gasteiger partial charge in [0.05, 0.1) is 41.1 Å². The number of allylic oxidation sites excluding steroid dienone is 1. The van der Waals surface area contributed by atoms with Gasteiger partial charge in [0.15, 0.2) is 34.4 Å². The van der Waals surface area contributed by atoms with E-state index >= 15 is 0 Å². The first-order chi connectivity index (χ1) is 17.0. The molecule has 0 N–H and O–H groups in total. The number of fused-ring (bicyclic) bond motifs is 1. The first-order valence-electron chi connectivity index (χ1n) is 10.7. The molecule has 0 saturated heterocycles. The minimum absolute atomic E-state index is 0.180. The van der Waals surface area contributed by atoms with Gasteiger partial charge in [0, 0.05) is 5.56 Å². The lowest BCUT2D eigenvalue weighted by atomic mass is 9.99. The number of methoxy groups -OCH3 is 5. The lowest BCUT2D eigenvalue weighted by molar-refractivity contribution is 0.105. The van der Waals surface area contributed by atoms with E-state index in [1.807, 2.05) is 24.3 Å². The molecule has 8 nitrogen and oxygen atoms in total. The van der Waals surface area contributed by atoms with Gasteiger partial charge in [-0.15, -0.1) is 0 Å². The van der Waals surface area contributed by atoms with Crippen molar-refractivity contribution in [2.24, 2.45) is 0 Å². The maximum absolute atomic E-state index is 13.9. The minimum Gasteiger partial charge on any atom is -0.493 e. The van der Waals surface area contributed by atoms with Crippen molar-refractivity contribution in [2.45, 2.75) is 0 Å². The molecule has 0 aliphatic carbocycles. The van der Waals surface area contributed by atoms with Gasteiger partial charge in [-0.2, -0.15) is 0 Å². The van der Waals surface area contributed by atoms with Crippen molar-refractivity contribution in [2.75, 3.05) is 35.5 Å². The lowest BCUT2D eigenvalue weighted by Crippen LogP contribution is -2.06. The number of hydrogen-bond acceptors (Lipinski definition) is 8. The summed E-state index contributed by atoms with van der Waals surface area (Å²) in [5.74, 6) is 2.04. The van der Waals surface area contributed by atoms with Gasteiger partial charge in [-0.05, 0) is 48.0 Å². The highest BCUT2D eigenvalue weighted by atomic mass is 16.5. The minimum atomic E-state index is -0.342. The summed E-state index contributed by atoms with van der Waals surface area (Å²) in [4.78, 5) is 18.4. The molecule has 3 aromatic carbocycles. The Balaban J connectivity index is 1.90. The van der Waals surface area contributed by atoms with Gasteiger partial charge in [-0.1, -0.05) is 18.2 Å². The van der Waals surface area contributed by atoms with Crippen LogP contribution in [-0.2, 0) is 0 Å². The molecular formula is C27H25NO7. The molecule has 4 rings (SSSR count). The maximum atomic E-state index is 13.9. The zero-order valence-electron chi connectivity index (χ0n) is 20.1. The molecule has 0 aliphatic rings. The van der Waals surface area contributed by atoms with Crippen molar-refractivity contribution in [3.8, 4) is 28.7 Å². The van der Waals surface area contributed by atoms with Crippen molar-refractivity contribution in [1.82, 2.24) is 4.98 Å². The predicted molar refractivity (Wildman–Crippen MR) is 132 cm³/mol. The number of nitrogens with zero attached hydrogens (tertiary/aromatic N) is 1. The van der Waals surface area contributed by atoms with E-state index in [2.05, 4.69) is 4.98 Å². The zero-order valence-corrected chi connectivity index (χ0v) is 20.1. The van der Waals surface area contributed by atoms with Crippen LogP contribution in [0.25, 0.3) is 22.7 Å². The van der Waals surface area contributed by atoms with Crippen LogP contribution in [0.5, 0.6) is 28.7 Å². The van der Waals surface area contributed by atoms with Gasteiger partial charge in [0.1, 0.15) is 5.52 Å². The predicted octanol–water partition coefficient (Wildman–Crippen LogP) is 5.29. The Bertz CT molecular complexity index is 1350. The van der Waals surface area contributed by atoms with E-state index in [0.29, 0.717) is 51.0 Å². The summed E-state index contributed by atoms with van der Waals surface area (Å²) in [5.41, 5.74) is 2.45. The molecule has 0 spiro atoms. The highest BCUT2D eigenvalue weighted by Gasteiger charge is 2.24. The molecule has 8 heteroatoms. The van der Waals surface area contributed by atoms with Gasteiger partial charge in [0.2, 0.25) is 11.6 Å². The molecule has 0 amide bonds. The Kier molecular flexibility index (Phi) is 6.91. The smallest absolute Gasteiger partial charge is 0.231 e. The Hall–Kier alpha value is -4.46. The molecule has 180 valence electrons. The topological polar surface area (TPSA) is 89.3 Å².